The van der Waals surface area contributed by atoms with Crippen LogP contribution in [0.15, 0.2) is 10.7 Å². The van der Waals surface area contributed by atoms with E-state index in [-0.39, 0.29) is 0 Å². The fourth-order valence-electron chi connectivity index (χ4n) is 0.776. The number of hydrogen-bond acceptors (Lipinski definition) is 3. The molecule has 1 aromatic rings. The van der Waals surface area contributed by atoms with E-state index in [2.05, 4.69) is 10.3 Å². The molecule has 0 aliphatic rings. The van der Waals surface area contributed by atoms with Crippen molar-refractivity contribution in [1.82, 2.24) is 10.3 Å². The van der Waals surface area contributed by atoms with E-state index >= 15 is 0 Å². The number of rotatable bonds is 3. The lowest BCUT2D eigenvalue weighted by atomic mass is 10.3. The summed E-state index contributed by atoms with van der Waals surface area (Å²) in [6, 6.07) is 0. The summed E-state index contributed by atoms with van der Waals surface area (Å²) in [7, 11) is 1.92. The smallest absolute Gasteiger partial charge is 0.191 e. The van der Waals surface area contributed by atoms with Crippen LogP contribution in [-0.2, 0) is 6.42 Å². The topological polar surface area (TPSA) is 38.1 Å². The molecule has 1 aromatic heterocycles. The zero-order valence-corrected chi connectivity index (χ0v) is 6.35. The molecule has 0 radical (unpaired) electrons. The summed E-state index contributed by atoms with van der Waals surface area (Å²) in [5.41, 5.74) is 1.02. The van der Waals surface area contributed by atoms with E-state index in [0.717, 1.165) is 24.6 Å². The maximum absolute atomic E-state index is 5.02. The molecule has 3 nitrogen and oxygen atoms in total. The predicted molar refractivity (Wildman–Crippen MR) is 38.9 cm³/mol. The zero-order valence-electron chi connectivity index (χ0n) is 6.35. The molecule has 0 fully saturated rings. The van der Waals surface area contributed by atoms with Crippen molar-refractivity contribution in [3.05, 3.63) is 17.8 Å². The normalized spacial score (nSPS) is 10.2. The highest BCUT2D eigenvalue weighted by Crippen LogP contribution is 1.99. The molecule has 0 bridgehead atoms. The van der Waals surface area contributed by atoms with Crippen LogP contribution in [0, 0.1) is 6.92 Å². The van der Waals surface area contributed by atoms with Crippen molar-refractivity contribution in [2.24, 2.45) is 0 Å². The van der Waals surface area contributed by atoms with E-state index in [1.165, 1.54) is 0 Å². The van der Waals surface area contributed by atoms with Crippen molar-refractivity contribution in [3.8, 4) is 0 Å². The third-order valence-corrected chi connectivity index (χ3v) is 1.30. The summed E-state index contributed by atoms with van der Waals surface area (Å²) < 4.78 is 5.02. The third kappa shape index (κ3) is 1.84. The van der Waals surface area contributed by atoms with Gasteiger partial charge in [0.1, 0.15) is 6.26 Å². The number of nitrogens with zero attached hydrogens (tertiary/aromatic N) is 1. The maximum atomic E-state index is 5.02. The van der Waals surface area contributed by atoms with E-state index in [1.807, 2.05) is 14.0 Å². The van der Waals surface area contributed by atoms with E-state index in [0.29, 0.717) is 0 Å². The van der Waals surface area contributed by atoms with Gasteiger partial charge in [-0.25, -0.2) is 4.98 Å². The molecule has 0 spiro atoms. The molecule has 0 aromatic carbocycles. The summed E-state index contributed by atoms with van der Waals surface area (Å²) >= 11 is 0. The Morgan fingerprint density at radius 1 is 1.70 bits per heavy atom. The number of likely N-dealkylation sites (N-methyl/N-ethyl adjacent to an activating group) is 1. The maximum Gasteiger partial charge on any atom is 0.191 e. The molecule has 0 aliphatic heterocycles. The largest absolute Gasteiger partial charge is 0.449 e. The standard InChI is InChI=1S/C7H12N2O/c1-6-9-7(5-10-6)3-4-8-2/h5,8H,3-4H2,1-2H3. The van der Waals surface area contributed by atoms with Gasteiger partial charge in [0.15, 0.2) is 5.89 Å². The van der Waals surface area contributed by atoms with Gasteiger partial charge in [-0.1, -0.05) is 0 Å². The van der Waals surface area contributed by atoms with Gasteiger partial charge in [0, 0.05) is 19.9 Å². The highest BCUT2D eigenvalue weighted by molar-refractivity contribution is 4.95. The van der Waals surface area contributed by atoms with E-state index in [4.69, 9.17) is 4.42 Å². The summed E-state index contributed by atoms with van der Waals surface area (Å²) in [4.78, 5) is 4.14. The van der Waals surface area contributed by atoms with Gasteiger partial charge < -0.3 is 9.73 Å². The van der Waals surface area contributed by atoms with E-state index in [9.17, 15) is 0 Å². The first kappa shape index (κ1) is 7.28. The first-order valence-corrected chi connectivity index (χ1v) is 3.38. The Kier molecular flexibility index (Phi) is 2.45. The van der Waals surface area contributed by atoms with Crippen molar-refractivity contribution < 1.29 is 4.42 Å². The second-order valence-electron chi connectivity index (χ2n) is 2.21. The lowest BCUT2D eigenvalue weighted by Gasteiger charge is -1.91. The molecule has 0 saturated carbocycles. The Bertz CT molecular complexity index is 195. The van der Waals surface area contributed by atoms with Crippen LogP contribution in [0.1, 0.15) is 11.6 Å². The lowest BCUT2D eigenvalue weighted by molar-refractivity contribution is 0.520. The molecule has 0 saturated heterocycles. The SMILES string of the molecule is CNCCc1coc(C)n1. The lowest BCUT2D eigenvalue weighted by Crippen LogP contribution is -2.10. The van der Waals surface area contributed by atoms with Crippen molar-refractivity contribution in [1.29, 1.82) is 0 Å². The summed E-state index contributed by atoms with van der Waals surface area (Å²) in [6.45, 7) is 2.80. The highest BCUT2D eigenvalue weighted by Gasteiger charge is 1.96. The Morgan fingerprint density at radius 2 is 2.50 bits per heavy atom. The predicted octanol–water partition coefficient (Wildman–Crippen LogP) is 0.745. The molecule has 0 atom stereocenters. The van der Waals surface area contributed by atoms with E-state index in [1.54, 1.807) is 6.26 Å². The van der Waals surface area contributed by atoms with Crippen LogP contribution >= 0.6 is 0 Å². The summed E-state index contributed by atoms with van der Waals surface area (Å²) in [6.07, 6.45) is 2.64. The first-order valence-electron chi connectivity index (χ1n) is 3.38. The van der Waals surface area contributed by atoms with Crippen LogP contribution in [0.5, 0.6) is 0 Å². The Labute approximate surface area is 60.5 Å². The van der Waals surface area contributed by atoms with Crippen molar-refractivity contribution in [2.75, 3.05) is 13.6 Å². The molecule has 10 heavy (non-hydrogen) atoms. The van der Waals surface area contributed by atoms with Crippen LogP contribution in [0.3, 0.4) is 0 Å². The number of nitrogens with one attached hydrogen (secondary N) is 1. The molecule has 1 heterocycles. The van der Waals surface area contributed by atoms with Crippen molar-refractivity contribution >= 4 is 0 Å². The minimum Gasteiger partial charge on any atom is -0.449 e. The van der Waals surface area contributed by atoms with Crippen molar-refractivity contribution in [3.63, 3.8) is 0 Å². The van der Waals surface area contributed by atoms with Crippen molar-refractivity contribution in [2.45, 2.75) is 13.3 Å². The second kappa shape index (κ2) is 3.37. The molecule has 0 aliphatic carbocycles. The van der Waals surface area contributed by atoms with Crippen LogP contribution in [-0.4, -0.2) is 18.6 Å². The highest BCUT2D eigenvalue weighted by atomic mass is 16.3. The van der Waals surface area contributed by atoms with Crippen LogP contribution in [0.2, 0.25) is 0 Å². The minimum atomic E-state index is 0.742. The average Bonchev–Trinajstić information content (AvgIpc) is 2.31. The molecular weight excluding hydrogens is 128 g/mol. The van der Waals surface area contributed by atoms with Gasteiger partial charge in [-0.15, -0.1) is 0 Å². The molecule has 0 amide bonds. The minimum absolute atomic E-state index is 0.742. The molecule has 1 rings (SSSR count). The Balaban J connectivity index is 2.42. The van der Waals surface area contributed by atoms with Gasteiger partial charge in [0.05, 0.1) is 5.69 Å². The number of hydrogen-bond donors (Lipinski definition) is 1. The number of oxazole rings is 1. The Hall–Kier alpha value is -0.830. The number of aryl methyl sites for hydroxylation is 1. The molecule has 0 unspecified atom stereocenters. The van der Waals surface area contributed by atoms with Crippen LogP contribution < -0.4 is 5.32 Å². The van der Waals surface area contributed by atoms with E-state index < -0.39 is 0 Å². The Morgan fingerprint density at radius 3 is 3.00 bits per heavy atom. The quantitative estimate of drug-likeness (QED) is 0.673. The van der Waals surface area contributed by atoms with Gasteiger partial charge in [-0.05, 0) is 7.05 Å². The summed E-state index contributed by atoms with van der Waals surface area (Å²) in [5, 5.41) is 3.04. The molecule has 1 N–H and O–H groups in total. The zero-order chi connectivity index (χ0) is 7.40. The average molecular weight is 140 g/mol. The summed E-state index contributed by atoms with van der Waals surface area (Å²) in [5.74, 6) is 0.742. The fourth-order valence-corrected chi connectivity index (χ4v) is 0.776. The van der Waals surface area contributed by atoms with Gasteiger partial charge in [0.25, 0.3) is 0 Å². The van der Waals surface area contributed by atoms with Crippen LogP contribution in [0.25, 0.3) is 0 Å². The molecule has 3 heteroatoms. The van der Waals surface area contributed by atoms with Gasteiger partial charge >= 0.3 is 0 Å². The van der Waals surface area contributed by atoms with Gasteiger partial charge in [0.2, 0.25) is 0 Å². The van der Waals surface area contributed by atoms with Crippen LogP contribution in [0.4, 0.5) is 0 Å². The third-order valence-electron chi connectivity index (χ3n) is 1.30. The van der Waals surface area contributed by atoms with Gasteiger partial charge in [-0.2, -0.15) is 0 Å². The second-order valence-corrected chi connectivity index (χ2v) is 2.21. The molecule has 56 valence electrons. The molecular formula is C7H12N2O. The first-order chi connectivity index (χ1) is 4.83. The monoisotopic (exact) mass is 140 g/mol. The number of aromatic nitrogens is 1. The van der Waals surface area contributed by atoms with Gasteiger partial charge in [-0.3, -0.25) is 0 Å². The fraction of sp³-hybridized carbons (Fsp3) is 0.571.